The van der Waals surface area contributed by atoms with Crippen molar-refractivity contribution in [1.82, 2.24) is 20.9 Å². The predicted octanol–water partition coefficient (Wildman–Crippen LogP) is 3.83. The van der Waals surface area contributed by atoms with Crippen molar-refractivity contribution in [2.24, 2.45) is 5.92 Å². The molecular formula is C36H51FN4O5. The lowest BCUT2D eigenvalue weighted by atomic mass is 9.82. The molecule has 46 heavy (non-hydrogen) atoms. The third-order valence-corrected chi connectivity index (χ3v) is 9.18. The van der Waals surface area contributed by atoms with Gasteiger partial charge in [-0.2, -0.15) is 0 Å². The van der Waals surface area contributed by atoms with Crippen LogP contribution in [-0.2, 0) is 27.2 Å². The van der Waals surface area contributed by atoms with E-state index in [-0.39, 0.29) is 36.2 Å². The molecule has 0 saturated heterocycles. The number of nitrogens with one attached hydrogen (secondary N) is 3. The maximum atomic E-state index is 14.0. The summed E-state index contributed by atoms with van der Waals surface area (Å²) in [5.74, 6) is -0.172. The fourth-order valence-electron chi connectivity index (χ4n) is 6.73. The highest BCUT2D eigenvalue weighted by molar-refractivity contribution is 5.92. The first-order chi connectivity index (χ1) is 21.9. The van der Waals surface area contributed by atoms with Gasteiger partial charge in [-0.15, -0.1) is 0 Å². The topological polar surface area (TPSA) is 120 Å². The average molecular weight is 639 g/mol. The zero-order chi connectivity index (χ0) is 33.3. The highest BCUT2D eigenvalue weighted by atomic mass is 19.1. The Morgan fingerprint density at radius 3 is 2.24 bits per heavy atom. The Balaban J connectivity index is 0.000000523. The zero-order valence-corrected chi connectivity index (χ0v) is 27.7. The van der Waals surface area contributed by atoms with Crippen molar-refractivity contribution in [3.63, 3.8) is 0 Å². The molecule has 1 saturated carbocycles. The third kappa shape index (κ3) is 9.75. The number of halogens is 1. The van der Waals surface area contributed by atoms with Crippen LogP contribution in [0.4, 0.5) is 4.39 Å². The van der Waals surface area contributed by atoms with Crippen molar-refractivity contribution < 1.29 is 28.6 Å². The number of benzene rings is 2. The normalized spacial score (nSPS) is 23.9. The smallest absolute Gasteiger partial charge is 0.246 e. The number of hydrogen-bond acceptors (Lipinski definition) is 6. The Bertz CT molecular complexity index is 1300. The number of para-hydroxylation sites is 1. The summed E-state index contributed by atoms with van der Waals surface area (Å²) in [4.78, 5) is 40.9. The molecule has 4 N–H and O–H groups in total. The van der Waals surface area contributed by atoms with Crippen molar-refractivity contribution in [1.29, 1.82) is 0 Å². The Morgan fingerprint density at radius 2 is 1.59 bits per heavy atom. The van der Waals surface area contributed by atoms with Crippen LogP contribution >= 0.6 is 0 Å². The Hall–Kier alpha value is -3.50. The van der Waals surface area contributed by atoms with E-state index in [9.17, 15) is 23.9 Å². The molecule has 3 unspecified atom stereocenters. The molecule has 2 aromatic carbocycles. The van der Waals surface area contributed by atoms with Crippen LogP contribution in [0.15, 0.2) is 42.5 Å². The maximum Gasteiger partial charge on any atom is 0.246 e. The van der Waals surface area contributed by atoms with Crippen LogP contribution in [0.1, 0.15) is 75.5 Å². The molecule has 0 spiro atoms. The van der Waals surface area contributed by atoms with Crippen LogP contribution in [0.25, 0.3) is 0 Å². The summed E-state index contributed by atoms with van der Waals surface area (Å²) < 4.78 is 18.6. The molecule has 0 radical (unpaired) electrons. The van der Waals surface area contributed by atoms with Crippen LogP contribution < -0.4 is 20.7 Å². The van der Waals surface area contributed by atoms with E-state index in [4.69, 9.17) is 4.74 Å². The summed E-state index contributed by atoms with van der Waals surface area (Å²) in [5.41, 5.74) is 1.91. The van der Waals surface area contributed by atoms with Crippen molar-refractivity contribution in [2.45, 2.75) is 102 Å². The summed E-state index contributed by atoms with van der Waals surface area (Å²) in [6.07, 6.45) is 8.40. The van der Waals surface area contributed by atoms with Crippen LogP contribution in [0.5, 0.6) is 5.75 Å². The highest BCUT2D eigenvalue weighted by Crippen LogP contribution is 2.33. The molecule has 2 heterocycles. The minimum Gasteiger partial charge on any atom is -0.489 e. The van der Waals surface area contributed by atoms with Gasteiger partial charge in [0, 0.05) is 20.1 Å². The van der Waals surface area contributed by atoms with Gasteiger partial charge in [0.15, 0.2) is 0 Å². The first kappa shape index (κ1) is 35.4. The number of carbonyl (C=O) groups excluding carboxylic acids is 3. The van der Waals surface area contributed by atoms with E-state index in [2.05, 4.69) is 34.1 Å². The summed E-state index contributed by atoms with van der Waals surface area (Å²) in [5, 5.41) is 19.9. The first-order valence-corrected chi connectivity index (χ1v) is 16.7. The minimum absolute atomic E-state index is 0.0696. The van der Waals surface area contributed by atoms with Gasteiger partial charge in [-0.25, -0.2) is 4.39 Å². The number of rotatable bonds is 2. The van der Waals surface area contributed by atoms with Gasteiger partial charge in [-0.3, -0.25) is 14.4 Å². The molecule has 1 aliphatic carbocycles. The first-order valence-electron chi connectivity index (χ1n) is 16.7. The van der Waals surface area contributed by atoms with Gasteiger partial charge in [0.1, 0.15) is 23.7 Å². The van der Waals surface area contributed by atoms with E-state index < -0.39 is 23.6 Å². The standard InChI is InChI=1S/C29H44N4O5.C7H7F/c1-29(2,37)26-27(35)32-18-23(34)30-16-8-13-20-11-7-12-21-14-15-22(38-25(20)21)17-31-24(28(36)33(26)3)19-9-5-4-6-10-19;1-6-2-4-7(8)5-3-6/h7,11-12,19,22,24,26,31,37H,4-6,8-10,13-18H2,1-3H3,(H,30,34)(H,32,35);2-5H,1H3. The predicted molar refractivity (Wildman–Crippen MR) is 176 cm³/mol. The van der Waals surface area contributed by atoms with E-state index in [1.807, 2.05) is 6.92 Å². The molecule has 2 bridgehead atoms. The summed E-state index contributed by atoms with van der Waals surface area (Å²) in [6.45, 7) is 5.74. The van der Waals surface area contributed by atoms with Crippen LogP contribution in [0.2, 0.25) is 0 Å². The number of aryl methyl sites for hydroxylation is 3. The number of aliphatic hydroxyl groups is 1. The van der Waals surface area contributed by atoms with Gasteiger partial charge in [-0.1, -0.05) is 55.2 Å². The second kappa shape index (κ2) is 16.4. The molecule has 2 aromatic rings. The third-order valence-electron chi connectivity index (χ3n) is 9.18. The largest absolute Gasteiger partial charge is 0.489 e. The van der Waals surface area contributed by atoms with Gasteiger partial charge in [0.2, 0.25) is 17.7 Å². The zero-order valence-electron chi connectivity index (χ0n) is 27.7. The number of likely N-dealkylation sites (N-methyl/N-ethyl adjacent to an activating group) is 1. The van der Waals surface area contributed by atoms with E-state index in [0.717, 1.165) is 74.7 Å². The fourth-order valence-corrected chi connectivity index (χ4v) is 6.73. The Labute approximate surface area is 272 Å². The van der Waals surface area contributed by atoms with Crippen molar-refractivity contribution in [3.05, 3.63) is 65.0 Å². The molecule has 3 atom stereocenters. The van der Waals surface area contributed by atoms with Gasteiger partial charge < -0.3 is 30.7 Å². The van der Waals surface area contributed by atoms with Crippen LogP contribution in [-0.4, -0.2) is 78.2 Å². The van der Waals surface area contributed by atoms with Crippen LogP contribution in [0.3, 0.4) is 0 Å². The lowest BCUT2D eigenvalue weighted by molar-refractivity contribution is -0.150. The number of fused-ring (bicyclic) bond motifs is 1. The Kier molecular flexibility index (Phi) is 12.6. The van der Waals surface area contributed by atoms with Crippen LogP contribution in [0, 0.1) is 18.7 Å². The maximum absolute atomic E-state index is 14.0. The summed E-state index contributed by atoms with van der Waals surface area (Å²) in [6, 6.07) is 11.0. The van der Waals surface area contributed by atoms with E-state index in [1.54, 1.807) is 19.2 Å². The SMILES string of the molecule is CN1C(=O)C(C2CCCCC2)NCC2CCc3cccc(c3O2)CCCNC(=O)CNC(=O)C1C(C)(C)O.Cc1ccc(F)cc1. The molecule has 10 heteroatoms. The van der Waals surface area contributed by atoms with Gasteiger partial charge in [0.25, 0.3) is 0 Å². The highest BCUT2D eigenvalue weighted by Gasteiger charge is 2.42. The number of ether oxygens (including phenoxy) is 1. The van der Waals surface area contributed by atoms with Crippen molar-refractivity contribution in [2.75, 3.05) is 26.7 Å². The molecule has 3 amide bonds. The van der Waals surface area contributed by atoms with Crippen molar-refractivity contribution in [3.8, 4) is 5.75 Å². The Morgan fingerprint density at radius 1 is 0.913 bits per heavy atom. The van der Waals surface area contributed by atoms with E-state index in [0.29, 0.717) is 13.1 Å². The van der Waals surface area contributed by atoms with Crippen molar-refractivity contribution >= 4 is 17.7 Å². The minimum atomic E-state index is -1.50. The van der Waals surface area contributed by atoms with E-state index >= 15 is 0 Å². The quantitative estimate of drug-likeness (QED) is 0.397. The lowest BCUT2D eigenvalue weighted by Gasteiger charge is -2.40. The molecule has 0 aromatic heterocycles. The molecule has 3 aliphatic rings. The fraction of sp³-hybridized carbons (Fsp3) is 0.583. The summed E-state index contributed by atoms with van der Waals surface area (Å²) >= 11 is 0. The van der Waals surface area contributed by atoms with Gasteiger partial charge >= 0.3 is 0 Å². The molecule has 5 rings (SSSR count). The lowest BCUT2D eigenvalue weighted by Crippen LogP contribution is -2.63. The van der Waals surface area contributed by atoms with E-state index in [1.165, 1.54) is 36.4 Å². The second-order valence-electron chi connectivity index (χ2n) is 13.4. The second-order valence-corrected chi connectivity index (χ2v) is 13.4. The molecule has 2 aliphatic heterocycles. The molecule has 252 valence electrons. The number of carbonyl (C=O) groups is 3. The van der Waals surface area contributed by atoms with Gasteiger partial charge in [-0.05, 0) is 88.5 Å². The average Bonchev–Trinajstić information content (AvgIpc) is 3.03. The number of nitrogens with zero attached hydrogens (tertiary/aromatic N) is 1. The summed E-state index contributed by atoms with van der Waals surface area (Å²) in [7, 11) is 1.57. The molecule has 1 fully saturated rings. The monoisotopic (exact) mass is 638 g/mol. The molecule has 9 nitrogen and oxygen atoms in total. The number of amides is 3. The van der Waals surface area contributed by atoms with Gasteiger partial charge in [0.05, 0.1) is 18.2 Å². The number of hydrogen-bond donors (Lipinski definition) is 4. The molecular weight excluding hydrogens is 587 g/mol.